The Morgan fingerprint density at radius 1 is 0.710 bits per heavy atom. The van der Waals surface area contributed by atoms with Gasteiger partial charge in [-0.25, -0.2) is 4.98 Å². The van der Waals surface area contributed by atoms with Crippen molar-refractivity contribution in [1.29, 1.82) is 0 Å². The molecule has 0 radical (unpaired) electrons. The first-order valence-electron chi connectivity index (χ1n) is 13.0. The van der Waals surface area contributed by atoms with Gasteiger partial charge in [0.2, 0.25) is 5.95 Å². The molecule has 5 heterocycles. The predicted molar refractivity (Wildman–Crippen MR) is 128 cm³/mol. The molecule has 2 atom stereocenters. The minimum atomic E-state index is 0.429. The minimum absolute atomic E-state index is 0.429. The van der Waals surface area contributed by atoms with Crippen LogP contribution in [-0.2, 0) is 0 Å². The minimum Gasteiger partial charge on any atom is -0.355 e. The van der Waals surface area contributed by atoms with Gasteiger partial charge < -0.3 is 9.80 Å². The molecule has 6 nitrogen and oxygen atoms in total. The molecular formula is C25H42N6. The van der Waals surface area contributed by atoms with Crippen LogP contribution in [0.5, 0.6) is 0 Å². The molecule has 0 spiro atoms. The van der Waals surface area contributed by atoms with Gasteiger partial charge in [0.1, 0.15) is 5.82 Å². The van der Waals surface area contributed by atoms with Gasteiger partial charge in [-0.3, -0.25) is 9.80 Å². The van der Waals surface area contributed by atoms with Crippen molar-refractivity contribution in [2.24, 2.45) is 0 Å². The third-order valence-electron chi connectivity index (χ3n) is 8.03. The van der Waals surface area contributed by atoms with Gasteiger partial charge in [-0.1, -0.05) is 13.8 Å². The second-order valence-electron chi connectivity index (χ2n) is 10.6. The third-order valence-corrected chi connectivity index (χ3v) is 8.03. The fraction of sp³-hybridized carbons (Fsp3) is 0.840. The van der Waals surface area contributed by atoms with Crippen LogP contribution in [0.2, 0.25) is 0 Å². The monoisotopic (exact) mass is 426 g/mol. The highest BCUT2D eigenvalue weighted by Gasteiger charge is 2.31. The first-order valence-corrected chi connectivity index (χ1v) is 13.0. The summed E-state index contributed by atoms with van der Waals surface area (Å²) >= 11 is 0. The summed E-state index contributed by atoms with van der Waals surface area (Å²) in [5.41, 5.74) is 1.20. The molecule has 4 fully saturated rings. The van der Waals surface area contributed by atoms with Crippen molar-refractivity contribution in [1.82, 2.24) is 19.8 Å². The number of hydrogen-bond acceptors (Lipinski definition) is 6. The molecule has 5 rings (SSSR count). The van der Waals surface area contributed by atoms with Crippen LogP contribution in [-0.4, -0.2) is 84.2 Å². The van der Waals surface area contributed by atoms with Gasteiger partial charge >= 0.3 is 0 Å². The standard InChI is InChI=1S/C25H42N6/c1-20(2)23-17-24(30-15-7-9-21(18-30)28-11-3-4-12-28)27-25(26-23)31-16-8-10-22(19-31)29-13-5-6-14-29/h17,20-22H,3-16,18-19H2,1-2H3/t21-,22-/m1/s1. The lowest BCUT2D eigenvalue weighted by Crippen LogP contribution is -2.48. The summed E-state index contributed by atoms with van der Waals surface area (Å²) in [7, 11) is 0. The zero-order valence-corrected chi connectivity index (χ0v) is 19.8. The van der Waals surface area contributed by atoms with Crippen molar-refractivity contribution in [3.63, 3.8) is 0 Å². The van der Waals surface area contributed by atoms with E-state index < -0.39 is 0 Å². The van der Waals surface area contributed by atoms with Crippen molar-refractivity contribution < 1.29 is 0 Å². The number of nitrogens with zero attached hydrogens (tertiary/aromatic N) is 6. The maximum Gasteiger partial charge on any atom is 0.227 e. The Morgan fingerprint density at radius 2 is 1.26 bits per heavy atom. The lowest BCUT2D eigenvalue weighted by Gasteiger charge is -2.40. The number of anilines is 2. The quantitative estimate of drug-likeness (QED) is 0.714. The average Bonchev–Trinajstić information content (AvgIpc) is 3.53. The molecule has 0 unspecified atom stereocenters. The Morgan fingerprint density at radius 3 is 1.84 bits per heavy atom. The maximum absolute atomic E-state index is 5.19. The van der Waals surface area contributed by atoms with Crippen LogP contribution < -0.4 is 9.80 Å². The van der Waals surface area contributed by atoms with Gasteiger partial charge in [0.25, 0.3) is 0 Å². The Labute approximate surface area is 189 Å². The molecule has 4 aliphatic heterocycles. The van der Waals surface area contributed by atoms with E-state index in [0.717, 1.165) is 32.1 Å². The summed E-state index contributed by atoms with van der Waals surface area (Å²) < 4.78 is 0. The van der Waals surface area contributed by atoms with E-state index in [0.29, 0.717) is 18.0 Å². The van der Waals surface area contributed by atoms with Crippen molar-refractivity contribution in [2.45, 2.75) is 83.2 Å². The molecule has 6 heteroatoms. The lowest BCUT2D eigenvalue weighted by molar-refractivity contribution is 0.214. The normalized spacial score (nSPS) is 28.7. The Bertz CT molecular complexity index is 670. The first kappa shape index (κ1) is 21.4. The van der Waals surface area contributed by atoms with Crippen LogP contribution in [0.4, 0.5) is 11.8 Å². The molecule has 4 aliphatic rings. The summed E-state index contributed by atoms with van der Waals surface area (Å²) in [6.07, 6.45) is 10.7. The fourth-order valence-electron chi connectivity index (χ4n) is 6.15. The number of hydrogen-bond donors (Lipinski definition) is 0. The van der Waals surface area contributed by atoms with Gasteiger partial charge in [0.05, 0.1) is 5.69 Å². The van der Waals surface area contributed by atoms with Crippen LogP contribution >= 0.6 is 0 Å². The van der Waals surface area contributed by atoms with Gasteiger partial charge in [-0.2, -0.15) is 4.98 Å². The molecule has 0 aromatic carbocycles. The van der Waals surface area contributed by atoms with E-state index in [-0.39, 0.29) is 0 Å². The third kappa shape index (κ3) is 4.85. The molecule has 172 valence electrons. The Kier molecular flexibility index (Phi) is 6.65. The topological polar surface area (TPSA) is 38.7 Å². The van der Waals surface area contributed by atoms with E-state index in [4.69, 9.17) is 9.97 Å². The number of piperidine rings is 2. The lowest BCUT2D eigenvalue weighted by atomic mass is 10.0. The first-order chi connectivity index (χ1) is 15.2. The van der Waals surface area contributed by atoms with Crippen LogP contribution in [0.1, 0.15) is 76.8 Å². The van der Waals surface area contributed by atoms with Crippen molar-refractivity contribution in [2.75, 3.05) is 62.2 Å². The van der Waals surface area contributed by atoms with Crippen LogP contribution in [0.25, 0.3) is 0 Å². The van der Waals surface area contributed by atoms with E-state index in [1.54, 1.807) is 0 Å². The van der Waals surface area contributed by atoms with E-state index in [2.05, 4.69) is 39.5 Å². The highest BCUT2D eigenvalue weighted by Crippen LogP contribution is 2.29. The molecule has 0 aliphatic carbocycles. The predicted octanol–water partition coefficient (Wildman–Crippen LogP) is 3.73. The summed E-state index contributed by atoms with van der Waals surface area (Å²) in [6, 6.07) is 3.66. The summed E-state index contributed by atoms with van der Waals surface area (Å²) in [5, 5.41) is 0. The van der Waals surface area contributed by atoms with Gasteiger partial charge in [-0.05, 0) is 83.5 Å². The largest absolute Gasteiger partial charge is 0.355 e. The summed E-state index contributed by atoms with van der Waals surface area (Å²) in [4.78, 5) is 20.7. The molecule has 0 N–H and O–H groups in total. The Hall–Kier alpha value is -1.40. The molecule has 31 heavy (non-hydrogen) atoms. The van der Waals surface area contributed by atoms with Gasteiger partial charge in [0, 0.05) is 44.3 Å². The second kappa shape index (κ2) is 9.62. The van der Waals surface area contributed by atoms with Crippen molar-refractivity contribution in [3.05, 3.63) is 11.8 Å². The number of aromatic nitrogens is 2. The van der Waals surface area contributed by atoms with E-state index >= 15 is 0 Å². The average molecular weight is 427 g/mol. The zero-order chi connectivity index (χ0) is 21.2. The van der Waals surface area contributed by atoms with Crippen LogP contribution in [0.3, 0.4) is 0 Å². The molecule has 0 amide bonds. The van der Waals surface area contributed by atoms with Crippen molar-refractivity contribution in [3.8, 4) is 0 Å². The molecule has 1 aromatic rings. The van der Waals surface area contributed by atoms with Gasteiger partial charge in [-0.15, -0.1) is 0 Å². The second-order valence-corrected chi connectivity index (χ2v) is 10.6. The Balaban J connectivity index is 1.35. The molecular weight excluding hydrogens is 384 g/mol. The highest BCUT2D eigenvalue weighted by molar-refractivity contribution is 5.47. The molecule has 0 bridgehead atoms. The summed E-state index contributed by atoms with van der Waals surface area (Å²) in [5.74, 6) is 2.58. The summed E-state index contributed by atoms with van der Waals surface area (Å²) in [6.45, 7) is 14.1. The molecule has 4 saturated heterocycles. The van der Waals surface area contributed by atoms with E-state index in [1.807, 2.05) is 0 Å². The number of likely N-dealkylation sites (tertiary alicyclic amines) is 2. The molecule has 1 aromatic heterocycles. The van der Waals surface area contributed by atoms with Crippen molar-refractivity contribution >= 4 is 11.8 Å². The SMILES string of the molecule is CC(C)c1cc(N2CCC[C@@H](N3CCCC3)C2)nc(N2CCC[C@@H](N3CCCC3)C2)n1. The van der Waals surface area contributed by atoms with E-state index in [1.165, 1.54) is 89.1 Å². The molecule has 0 saturated carbocycles. The number of rotatable bonds is 5. The fourth-order valence-corrected chi connectivity index (χ4v) is 6.15. The van der Waals surface area contributed by atoms with Gasteiger partial charge in [0.15, 0.2) is 0 Å². The smallest absolute Gasteiger partial charge is 0.227 e. The van der Waals surface area contributed by atoms with E-state index in [9.17, 15) is 0 Å². The van der Waals surface area contributed by atoms with Crippen LogP contribution in [0, 0.1) is 0 Å². The maximum atomic E-state index is 5.19. The zero-order valence-electron chi connectivity index (χ0n) is 19.8. The highest BCUT2D eigenvalue weighted by atomic mass is 15.3. The van der Waals surface area contributed by atoms with Crippen LogP contribution in [0.15, 0.2) is 6.07 Å².